The van der Waals surface area contributed by atoms with Gasteiger partial charge in [-0.25, -0.2) is 0 Å². The first-order valence-electron chi connectivity index (χ1n) is 6.09. The van der Waals surface area contributed by atoms with E-state index in [2.05, 4.69) is 5.32 Å². The smallest absolute Gasteiger partial charge is 0.162 e. The summed E-state index contributed by atoms with van der Waals surface area (Å²) in [6, 6.07) is 6.07. The predicted molar refractivity (Wildman–Crippen MR) is 68.5 cm³/mol. The lowest BCUT2D eigenvalue weighted by Gasteiger charge is -2.13. The van der Waals surface area contributed by atoms with Crippen molar-refractivity contribution in [3.8, 4) is 11.5 Å². The number of hydrogen-bond acceptors (Lipinski definition) is 4. The van der Waals surface area contributed by atoms with Gasteiger partial charge in [0.2, 0.25) is 0 Å². The molecule has 0 aliphatic carbocycles. The average molecular weight is 236 g/mol. The highest BCUT2D eigenvalue weighted by atomic mass is 16.5. The molecule has 0 radical (unpaired) electrons. The molecular weight excluding hydrogens is 216 g/mol. The highest BCUT2D eigenvalue weighted by Gasteiger charge is 2.14. The fourth-order valence-corrected chi connectivity index (χ4v) is 2.12. The third-order valence-corrected chi connectivity index (χ3v) is 3.07. The summed E-state index contributed by atoms with van der Waals surface area (Å²) in [5.41, 5.74) is 6.37. The second-order valence-electron chi connectivity index (χ2n) is 4.34. The third kappa shape index (κ3) is 3.27. The molecule has 3 N–H and O–H groups in total. The summed E-state index contributed by atoms with van der Waals surface area (Å²) in [6.45, 7) is 1.84. The minimum absolute atomic E-state index is 0.606. The molecule has 4 heteroatoms. The zero-order valence-corrected chi connectivity index (χ0v) is 10.2. The van der Waals surface area contributed by atoms with Gasteiger partial charge in [0, 0.05) is 17.8 Å². The number of nitrogens with one attached hydrogen (secondary N) is 1. The molecule has 1 fully saturated rings. The topological polar surface area (TPSA) is 56.5 Å². The molecule has 1 aromatic rings. The Morgan fingerprint density at radius 3 is 3.00 bits per heavy atom. The molecule has 1 unspecified atom stereocenters. The van der Waals surface area contributed by atoms with E-state index in [1.807, 2.05) is 12.1 Å². The Kier molecular flexibility index (Phi) is 4.09. The molecule has 0 aromatic heterocycles. The Bertz CT molecular complexity index is 362. The fraction of sp³-hybridized carbons (Fsp3) is 0.538. The van der Waals surface area contributed by atoms with Gasteiger partial charge in [0.1, 0.15) is 0 Å². The van der Waals surface area contributed by atoms with Crippen molar-refractivity contribution in [3.63, 3.8) is 0 Å². The lowest BCUT2D eigenvalue weighted by Crippen LogP contribution is -2.23. The number of hydrogen-bond donors (Lipinski definition) is 2. The van der Waals surface area contributed by atoms with Crippen LogP contribution in [-0.4, -0.2) is 26.3 Å². The monoisotopic (exact) mass is 236 g/mol. The van der Waals surface area contributed by atoms with E-state index in [-0.39, 0.29) is 0 Å². The molecular formula is C13H20N2O2. The van der Waals surface area contributed by atoms with E-state index in [4.69, 9.17) is 15.2 Å². The van der Waals surface area contributed by atoms with Crippen LogP contribution in [0.2, 0.25) is 0 Å². The van der Waals surface area contributed by atoms with E-state index in [1.165, 1.54) is 12.8 Å². The number of benzene rings is 1. The fourth-order valence-electron chi connectivity index (χ4n) is 2.12. The molecule has 0 amide bonds. The van der Waals surface area contributed by atoms with Gasteiger partial charge in [-0.3, -0.25) is 0 Å². The van der Waals surface area contributed by atoms with Crippen LogP contribution in [0.25, 0.3) is 0 Å². The maximum atomic E-state index is 5.72. The van der Waals surface area contributed by atoms with E-state index in [0.29, 0.717) is 24.1 Å². The summed E-state index contributed by atoms with van der Waals surface area (Å²) < 4.78 is 11.0. The summed E-state index contributed by atoms with van der Waals surface area (Å²) in [6.07, 6.45) is 3.56. The van der Waals surface area contributed by atoms with Gasteiger partial charge in [-0.05, 0) is 37.9 Å². The Morgan fingerprint density at radius 2 is 2.29 bits per heavy atom. The van der Waals surface area contributed by atoms with Crippen LogP contribution in [0, 0.1) is 0 Å². The number of rotatable bonds is 5. The van der Waals surface area contributed by atoms with E-state index < -0.39 is 0 Å². The largest absolute Gasteiger partial charge is 0.493 e. The molecule has 1 saturated heterocycles. The quantitative estimate of drug-likeness (QED) is 0.765. The van der Waals surface area contributed by atoms with Gasteiger partial charge in [-0.15, -0.1) is 0 Å². The highest BCUT2D eigenvalue weighted by Crippen LogP contribution is 2.29. The van der Waals surface area contributed by atoms with Crippen LogP contribution < -0.4 is 20.5 Å². The predicted octanol–water partition coefficient (Wildman–Crippen LogP) is 1.80. The number of anilines is 1. The van der Waals surface area contributed by atoms with E-state index >= 15 is 0 Å². The van der Waals surface area contributed by atoms with Gasteiger partial charge in [0.15, 0.2) is 11.5 Å². The van der Waals surface area contributed by atoms with Crippen molar-refractivity contribution in [1.29, 1.82) is 0 Å². The molecule has 0 bridgehead atoms. The molecule has 1 aliphatic heterocycles. The molecule has 0 saturated carbocycles. The summed E-state index contributed by atoms with van der Waals surface area (Å²) in [5.74, 6) is 1.46. The summed E-state index contributed by atoms with van der Waals surface area (Å²) in [5, 5.41) is 3.45. The second-order valence-corrected chi connectivity index (χ2v) is 4.34. The first-order valence-corrected chi connectivity index (χ1v) is 6.09. The molecule has 1 aromatic carbocycles. The standard InChI is InChI=1S/C13H20N2O2/c1-16-13-9-10(14)4-5-12(13)17-8-6-11-3-2-7-15-11/h4-5,9,11,15H,2-3,6-8,14H2,1H3. The van der Waals surface area contributed by atoms with Gasteiger partial charge in [-0.1, -0.05) is 0 Å². The molecule has 1 atom stereocenters. The van der Waals surface area contributed by atoms with Crippen LogP contribution in [0.3, 0.4) is 0 Å². The molecule has 1 aliphatic rings. The lowest BCUT2D eigenvalue weighted by atomic mass is 10.2. The van der Waals surface area contributed by atoms with Gasteiger partial charge in [0.25, 0.3) is 0 Å². The van der Waals surface area contributed by atoms with Crippen molar-refractivity contribution in [3.05, 3.63) is 18.2 Å². The van der Waals surface area contributed by atoms with Crippen LogP contribution in [0.4, 0.5) is 5.69 Å². The zero-order valence-electron chi connectivity index (χ0n) is 10.2. The summed E-state index contributed by atoms with van der Waals surface area (Å²) in [4.78, 5) is 0. The SMILES string of the molecule is COc1cc(N)ccc1OCCC1CCCN1. The average Bonchev–Trinajstić information content (AvgIpc) is 2.84. The molecule has 0 spiro atoms. The Balaban J connectivity index is 1.85. The summed E-state index contributed by atoms with van der Waals surface area (Å²) in [7, 11) is 1.63. The Morgan fingerprint density at radius 1 is 1.41 bits per heavy atom. The number of nitrogen functional groups attached to an aromatic ring is 1. The van der Waals surface area contributed by atoms with Crippen molar-refractivity contribution in [1.82, 2.24) is 5.32 Å². The van der Waals surface area contributed by atoms with Crippen molar-refractivity contribution < 1.29 is 9.47 Å². The first-order chi connectivity index (χ1) is 8.29. The molecule has 1 heterocycles. The van der Waals surface area contributed by atoms with Crippen molar-refractivity contribution >= 4 is 5.69 Å². The van der Waals surface area contributed by atoms with Crippen LogP contribution in [0.5, 0.6) is 11.5 Å². The maximum absolute atomic E-state index is 5.72. The van der Waals surface area contributed by atoms with Gasteiger partial charge >= 0.3 is 0 Å². The van der Waals surface area contributed by atoms with Crippen molar-refractivity contribution in [2.75, 3.05) is 26.0 Å². The molecule has 17 heavy (non-hydrogen) atoms. The maximum Gasteiger partial charge on any atom is 0.162 e. The number of nitrogens with two attached hydrogens (primary N) is 1. The molecule has 4 nitrogen and oxygen atoms in total. The van der Waals surface area contributed by atoms with Crippen molar-refractivity contribution in [2.45, 2.75) is 25.3 Å². The minimum Gasteiger partial charge on any atom is -0.493 e. The van der Waals surface area contributed by atoms with E-state index in [1.54, 1.807) is 13.2 Å². The van der Waals surface area contributed by atoms with Gasteiger partial charge < -0.3 is 20.5 Å². The molecule has 94 valence electrons. The molecule has 2 rings (SSSR count). The van der Waals surface area contributed by atoms with E-state index in [0.717, 1.165) is 18.7 Å². The Hall–Kier alpha value is -1.42. The van der Waals surface area contributed by atoms with Gasteiger partial charge in [-0.2, -0.15) is 0 Å². The normalized spacial score (nSPS) is 19.2. The zero-order chi connectivity index (χ0) is 12.1. The van der Waals surface area contributed by atoms with Crippen LogP contribution in [0.15, 0.2) is 18.2 Å². The third-order valence-electron chi connectivity index (χ3n) is 3.07. The second kappa shape index (κ2) is 5.77. The summed E-state index contributed by atoms with van der Waals surface area (Å²) >= 11 is 0. The van der Waals surface area contributed by atoms with Crippen molar-refractivity contribution in [2.24, 2.45) is 0 Å². The Labute approximate surface area is 102 Å². The van der Waals surface area contributed by atoms with Crippen LogP contribution >= 0.6 is 0 Å². The minimum atomic E-state index is 0.606. The lowest BCUT2D eigenvalue weighted by molar-refractivity contribution is 0.275. The van der Waals surface area contributed by atoms with Crippen LogP contribution in [0.1, 0.15) is 19.3 Å². The van der Waals surface area contributed by atoms with Gasteiger partial charge in [0.05, 0.1) is 13.7 Å². The highest BCUT2D eigenvalue weighted by molar-refractivity contribution is 5.51. The number of methoxy groups -OCH3 is 1. The first kappa shape index (κ1) is 12.0. The van der Waals surface area contributed by atoms with Crippen LogP contribution in [-0.2, 0) is 0 Å². The number of ether oxygens (including phenoxy) is 2. The van der Waals surface area contributed by atoms with E-state index in [9.17, 15) is 0 Å².